The van der Waals surface area contributed by atoms with Crippen LogP contribution in [-0.2, 0) is 4.79 Å². The van der Waals surface area contributed by atoms with Crippen molar-refractivity contribution in [2.24, 2.45) is 0 Å². The second kappa shape index (κ2) is 4.33. The average molecular weight is 252 g/mol. The molecular formula is C10H12N4O2S. The molecule has 0 saturated heterocycles. The molecule has 0 atom stereocenters. The summed E-state index contributed by atoms with van der Waals surface area (Å²) in [6.07, 6.45) is 0. The highest BCUT2D eigenvalue weighted by molar-refractivity contribution is 7.99. The molecule has 2 heterocycles. The van der Waals surface area contributed by atoms with Gasteiger partial charge in [-0.15, -0.1) is 5.10 Å². The molecule has 90 valence electrons. The van der Waals surface area contributed by atoms with Gasteiger partial charge in [-0.1, -0.05) is 11.8 Å². The number of thioether (sulfide) groups is 1. The van der Waals surface area contributed by atoms with Gasteiger partial charge in [0.2, 0.25) is 0 Å². The monoisotopic (exact) mass is 252 g/mol. The van der Waals surface area contributed by atoms with Crippen molar-refractivity contribution in [1.29, 1.82) is 0 Å². The molecule has 7 heteroatoms. The molecule has 0 aliphatic carbocycles. The first kappa shape index (κ1) is 11.8. The van der Waals surface area contributed by atoms with Crippen LogP contribution in [0, 0.1) is 20.8 Å². The first-order valence-corrected chi connectivity index (χ1v) is 6.02. The molecule has 2 aromatic rings. The fourth-order valence-electron chi connectivity index (χ4n) is 1.46. The van der Waals surface area contributed by atoms with Crippen LogP contribution in [0.2, 0.25) is 0 Å². The van der Waals surface area contributed by atoms with Crippen molar-refractivity contribution in [3.8, 4) is 0 Å². The first-order chi connectivity index (χ1) is 7.99. The zero-order valence-electron chi connectivity index (χ0n) is 9.76. The molecule has 17 heavy (non-hydrogen) atoms. The largest absolute Gasteiger partial charge is 0.481 e. The molecule has 2 rings (SSSR count). The summed E-state index contributed by atoms with van der Waals surface area (Å²) in [7, 11) is 0. The lowest BCUT2D eigenvalue weighted by Gasteiger charge is -2.07. The molecule has 0 saturated carbocycles. The summed E-state index contributed by atoms with van der Waals surface area (Å²) < 4.78 is 1.60. The van der Waals surface area contributed by atoms with Gasteiger partial charge >= 0.3 is 5.97 Å². The highest BCUT2D eigenvalue weighted by Crippen LogP contribution is 2.24. The summed E-state index contributed by atoms with van der Waals surface area (Å²) >= 11 is 1.23. The van der Waals surface area contributed by atoms with Crippen LogP contribution in [0.1, 0.15) is 17.1 Å². The molecule has 6 nitrogen and oxygen atoms in total. The Kier molecular flexibility index (Phi) is 3.01. The molecule has 0 amide bonds. The van der Waals surface area contributed by atoms with Crippen LogP contribution in [0.5, 0.6) is 0 Å². The first-order valence-electron chi connectivity index (χ1n) is 5.04. The quantitative estimate of drug-likeness (QED) is 0.653. The van der Waals surface area contributed by atoms with Crippen LogP contribution < -0.4 is 0 Å². The third-order valence-corrected chi connectivity index (χ3v) is 3.50. The Balaban J connectivity index is 2.56. The van der Waals surface area contributed by atoms with Gasteiger partial charge in [0.1, 0.15) is 10.9 Å². The molecule has 0 aliphatic rings. The van der Waals surface area contributed by atoms with E-state index in [2.05, 4.69) is 15.1 Å². The van der Waals surface area contributed by atoms with Crippen LogP contribution in [0.3, 0.4) is 0 Å². The fraction of sp³-hybridized carbons (Fsp3) is 0.400. The zero-order valence-corrected chi connectivity index (χ0v) is 10.6. The van der Waals surface area contributed by atoms with E-state index >= 15 is 0 Å². The minimum Gasteiger partial charge on any atom is -0.481 e. The maximum atomic E-state index is 10.6. The van der Waals surface area contributed by atoms with Crippen molar-refractivity contribution in [2.45, 2.75) is 25.8 Å². The van der Waals surface area contributed by atoms with Crippen molar-refractivity contribution in [3.05, 3.63) is 17.1 Å². The van der Waals surface area contributed by atoms with Crippen molar-refractivity contribution in [2.75, 3.05) is 5.75 Å². The molecule has 0 bridgehead atoms. The van der Waals surface area contributed by atoms with E-state index in [0.29, 0.717) is 11.6 Å². The number of rotatable bonds is 3. The van der Waals surface area contributed by atoms with Crippen molar-refractivity contribution < 1.29 is 9.90 Å². The standard InChI is InChI=1S/C10H12N4O2S/c1-5-6(2)11-10-12-7(3)13-14(10)9(5)17-4-8(15)16/h4H2,1-3H3,(H,15,16). The lowest BCUT2D eigenvalue weighted by atomic mass is 10.3. The van der Waals surface area contributed by atoms with E-state index in [-0.39, 0.29) is 5.75 Å². The number of hydrogen-bond donors (Lipinski definition) is 1. The summed E-state index contributed by atoms with van der Waals surface area (Å²) in [5.74, 6) is 0.283. The molecule has 0 aliphatic heterocycles. The molecule has 0 unspecified atom stereocenters. The van der Waals surface area contributed by atoms with E-state index in [1.807, 2.05) is 13.8 Å². The van der Waals surface area contributed by atoms with Crippen LogP contribution in [-0.4, -0.2) is 36.4 Å². The molecular weight excluding hydrogens is 240 g/mol. The van der Waals surface area contributed by atoms with E-state index in [1.165, 1.54) is 11.8 Å². The topological polar surface area (TPSA) is 80.4 Å². The van der Waals surface area contributed by atoms with Crippen molar-refractivity contribution in [1.82, 2.24) is 19.6 Å². The Bertz CT molecular complexity index is 593. The number of aryl methyl sites for hydroxylation is 2. The predicted molar refractivity (Wildman–Crippen MR) is 63.4 cm³/mol. The summed E-state index contributed by atoms with van der Waals surface area (Å²) in [4.78, 5) is 19.1. The number of carbonyl (C=O) groups is 1. The minimum atomic E-state index is -0.853. The van der Waals surface area contributed by atoms with E-state index in [1.54, 1.807) is 11.4 Å². The van der Waals surface area contributed by atoms with Gasteiger partial charge in [-0.3, -0.25) is 4.79 Å². The van der Waals surface area contributed by atoms with Crippen LogP contribution >= 0.6 is 11.8 Å². The Hall–Kier alpha value is -1.63. The van der Waals surface area contributed by atoms with Gasteiger partial charge in [0.25, 0.3) is 5.78 Å². The van der Waals surface area contributed by atoms with E-state index in [4.69, 9.17) is 5.11 Å². The summed E-state index contributed by atoms with van der Waals surface area (Å²) in [6, 6.07) is 0. The Morgan fingerprint density at radius 2 is 2.06 bits per heavy atom. The number of carboxylic acid groups (broad SMARTS) is 1. The van der Waals surface area contributed by atoms with Gasteiger partial charge in [0, 0.05) is 11.3 Å². The van der Waals surface area contributed by atoms with Crippen LogP contribution in [0.25, 0.3) is 5.78 Å². The highest BCUT2D eigenvalue weighted by Gasteiger charge is 2.13. The Morgan fingerprint density at radius 3 is 2.71 bits per heavy atom. The molecule has 0 aromatic carbocycles. The van der Waals surface area contributed by atoms with E-state index in [0.717, 1.165) is 16.3 Å². The number of fused-ring (bicyclic) bond motifs is 1. The normalized spacial score (nSPS) is 11.0. The van der Waals surface area contributed by atoms with Crippen molar-refractivity contribution in [3.63, 3.8) is 0 Å². The fourth-order valence-corrected chi connectivity index (χ4v) is 2.33. The third kappa shape index (κ3) is 2.23. The maximum absolute atomic E-state index is 10.6. The van der Waals surface area contributed by atoms with Gasteiger partial charge in [0.05, 0.1) is 5.75 Å². The van der Waals surface area contributed by atoms with Gasteiger partial charge in [-0.05, 0) is 20.8 Å². The summed E-state index contributed by atoms with van der Waals surface area (Å²) in [6.45, 7) is 5.57. The van der Waals surface area contributed by atoms with Crippen LogP contribution in [0.15, 0.2) is 5.03 Å². The van der Waals surface area contributed by atoms with Gasteiger partial charge in [-0.2, -0.15) is 9.50 Å². The second-order valence-electron chi connectivity index (χ2n) is 3.68. The second-order valence-corrected chi connectivity index (χ2v) is 4.64. The van der Waals surface area contributed by atoms with E-state index < -0.39 is 5.97 Å². The van der Waals surface area contributed by atoms with Gasteiger partial charge in [0.15, 0.2) is 0 Å². The van der Waals surface area contributed by atoms with Crippen molar-refractivity contribution >= 4 is 23.5 Å². The molecule has 0 fully saturated rings. The number of aromatic nitrogens is 4. The summed E-state index contributed by atoms with van der Waals surface area (Å²) in [5, 5.41) is 13.7. The lowest BCUT2D eigenvalue weighted by molar-refractivity contribution is -0.133. The molecule has 0 radical (unpaired) electrons. The van der Waals surface area contributed by atoms with Gasteiger partial charge in [-0.25, -0.2) is 4.98 Å². The SMILES string of the molecule is Cc1nc2nc(C)c(C)c(SCC(=O)O)n2n1. The predicted octanol–water partition coefficient (Wildman–Crippen LogP) is 1.23. The zero-order chi connectivity index (χ0) is 12.6. The lowest BCUT2D eigenvalue weighted by Crippen LogP contribution is -2.05. The van der Waals surface area contributed by atoms with Crippen LogP contribution in [0.4, 0.5) is 0 Å². The molecule has 1 N–H and O–H groups in total. The minimum absolute atomic E-state index is 0.00169. The third-order valence-electron chi connectivity index (χ3n) is 2.35. The maximum Gasteiger partial charge on any atom is 0.313 e. The molecule has 0 spiro atoms. The summed E-state index contributed by atoms with van der Waals surface area (Å²) in [5.41, 5.74) is 1.78. The average Bonchev–Trinajstić information content (AvgIpc) is 2.58. The molecule has 2 aromatic heterocycles. The highest BCUT2D eigenvalue weighted by atomic mass is 32.2. The van der Waals surface area contributed by atoms with E-state index in [9.17, 15) is 4.79 Å². The Morgan fingerprint density at radius 1 is 1.35 bits per heavy atom. The number of aliphatic carboxylic acids is 1. The number of carboxylic acids is 1. The number of nitrogens with zero attached hydrogens (tertiary/aromatic N) is 4. The smallest absolute Gasteiger partial charge is 0.313 e. The van der Waals surface area contributed by atoms with Gasteiger partial charge < -0.3 is 5.11 Å². The Labute approximate surface area is 102 Å². The number of hydrogen-bond acceptors (Lipinski definition) is 5.